The number of urea groups is 1. The van der Waals surface area contributed by atoms with Crippen molar-refractivity contribution in [2.45, 2.75) is 33.0 Å². The fourth-order valence-corrected chi connectivity index (χ4v) is 2.27. The first-order valence-electron chi connectivity index (χ1n) is 7.90. The third-order valence-corrected chi connectivity index (χ3v) is 3.47. The molecule has 0 radical (unpaired) electrons. The largest absolute Gasteiger partial charge is 0.474 e. The molecule has 0 aliphatic carbocycles. The quantitative estimate of drug-likeness (QED) is 0.819. The number of rotatable bonds is 4. The smallest absolute Gasteiger partial charge is 0.323 e. The van der Waals surface area contributed by atoms with Crippen LogP contribution in [0, 0.1) is 0 Å². The Morgan fingerprint density at radius 3 is 2.25 bits per heavy atom. The molecule has 9 nitrogen and oxygen atoms in total. The minimum absolute atomic E-state index is 0.000358. The number of hydrogen-bond acceptors (Lipinski definition) is 6. The maximum Gasteiger partial charge on any atom is 0.323 e. The van der Waals surface area contributed by atoms with E-state index in [0.717, 1.165) is 0 Å². The van der Waals surface area contributed by atoms with Gasteiger partial charge in [0.15, 0.2) is 5.82 Å². The molecule has 3 amide bonds. The van der Waals surface area contributed by atoms with Gasteiger partial charge < -0.3 is 19.6 Å². The summed E-state index contributed by atoms with van der Waals surface area (Å²) in [7, 11) is 0. The highest BCUT2D eigenvalue weighted by molar-refractivity contribution is 5.88. The van der Waals surface area contributed by atoms with Crippen LogP contribution in [0.2, 0.25) is 0 Å². The van der Waals surface area contributed by atoms with E-state index in [2.05, 4.69) is 15.5 Å². The average Bonchev–Trinajstić information content (AvgIpc) is 2.55. The van der Waals surface area contributed by atoms with Crippen LogP contribution in [0.15, 0.2) is 12.1 Å². The van der Waals surface area contributed by atoms with Crippen molar-refractivity contribution < 1.29 is 19.4 Å². The SMILES string of the molecule is CC(C)Oc1ccc(NC(=O)N2CCN(C(=O)C(C)O)CC2)nn1. The van der Waals surface area contributed by atoms with Crippen LogP contribution < -0.4 is 10.1 Å². The second kappa shape index (κ2) is 7.91. The second-order valence-electron chi connectivity index (χ2n) is 5.84. The number of ether oxygens (including phenoxy) is 1. The van der Waals surface area contributed by atoms with Gasteiger partial charge in [0.25, 0.3) is 5.91 Å². The van der Waals surface area contributed by atoms with Crippen molar-refractivity contribution in [3.05, 3.63) is 12.1 Å². The second-order valence-corrected chi connectivity index (χ2v) is 5.84. The lowest BCUT2D eigenvalue weighted by molar-refractivity contribution is -0.140. The molecule has 1 aliphatic heterocycles. The van der Waals surface area contributed by atoms with Gasteiger partial charge in [0.2, 0.25) is 5.88 Å². The Balaban J connectivity index is 1.84. The zero-order valence-corrected chi connectivity index (χ0v) is 14.1. The fraction of sp³-hybridized carbons (Fsp3) is 0.600. The number of nitrogens with zero attached hydrogens (tertiary/aromatic N) is 4. The van der Waals surface area contributed by atoms with Crippen LogP contribution in [0.25, 0.3) is 0 Å². The van der Waals surface area contributed by atoms with Gasteiger partial charge in [-0.25, -0.2) is 4.79 Å². The van der Waals surface area contributed by atoms with E-state index >= 15 is 0 Å². The van der Waals surface area contributed by atoms with Crippen LogP contribution in [0.1, 0.15) is 20.8 Å². The van der Waals surface area contributed by atoms with Crippen LogP contribution in [0.3, 0.4) is 0 Å². The number of aromatic nitrogens is 2. The van der Waals surface area contributed by atoms with Crippen LogP contribution in [-0.2, 0) is 4.79 Å². The zero-order valence-electron chi connectivity index (χ0n) is 14.1. The molecule has 1 aromatic heterocycles. The summed E-state index contributed by atoms with van der Waals surface area (Å²) in [6, 6.07) is 2.96. The Bertz CT molecular complexity index is 568. The van der Waals surface area contributed by atoms with Gasteiger partial charge in [0.1, 0.15) is 6.10 Å². The number of piperazine rings is 1. The molecule has 2 rings (SSSR count). The van der Waals surface area contributed by atoms with Crippen molar-refractivity contribution in [3.8, 4) is 5.88 Å². The van der Waals surface area contributed by atoms with E-state index in [9.17, 15) is 14.7 Å². The summed E-state index contributed by atoms with van der Waals surface area (Å²) >= 11 is 0. The Morgan fingerprint density at radius 2 is 1.75 bits per heavy atom. The Hall–Kier alpha value is -2.42. The maximum absolute atomic E-state index is 12.2. The monoisotopic (exact) mass is 337 g/mol. The lowest BCUT2D eigenvalue weighted by Crippen LogP contribution is -2.53. The summed E-state index contributed by atoms with van der Waals surface area (Å²) in [5.74, 6) is 0.411. The molecular weight excluding hydrogens is 314 g/mol. The fourth-order valence-electron chi connectivity index (χ4n) is 2.27. The van der Waals surface area contributed by atoms with Crippen molar-refractivity contribution in [2.24, 2.45) is 0 Å². The molecule has 2 heterocycles. The summed E-state index contributed by atoms with van der Waals surface area (Å²) in [4.78, 5) is 27.0. The van der Waals surface area contributed by atoms with E-state index in [0.29, 0.717) is 37.9 Å². The van der Waals surface area contributed by atoms with Crippen molar-refractivity contribution >= 4 is 17.8 Å². The summed E-state index contributed by atoms with van der Waals surface area (Å²) in [6.07, 6.45) is -1.02. The van der Waals surface area contributed by atoms with E-state index in [4.69, 9.17) is 4.74 Å². The lowest BCUT2D eigenvalue weighted by atomic mass is 10.2. The number of carbonyl (C=O) groups excluding carboxylic acids is 2. The molecule has 1 saturated heterocycles. The molecule has 2 N–H and O–H groups in total. The van der Waals surface area contributed by atoms with Crippen LogP contribution in [0.5, 0.6) is 5.88 Å². The number of amides is 3. The number of anilines is 1. The lowest BCUT2D eigenvalue weighted by Gasteiger charge is -2.35. The Kier molecular flexibility index (Phi) is 5.91. The van der Waals surface area contributed by atoms with Gasteiger partial charge in [-0.2, -0.15) is 0 Å². The molecule has 9 heteroatoms. The van der Waals surface area contributed by atoms with Crippen LogP contribution >= 0.6 is 0 Å². The number of carbonyl (C=O) groups is 2. The Labute approximate surface area is 140 Å². The standard InChI is InChI=1S/C15H23N5O4/c1-10(2)24-13-5-4-12(17-18-13)16-15(23)20-8-6-19(7-9-20)14(22)11(3)21/h4-5,10-11,21H,6-9H2,1-3H3,(H,16,17,23). The first-order valence-corrected chi connectivity index (χ1v) is 7.90. The topological polar surface area (TPSA) is 108 Å². The molecule has 1 aromatic rings. The zero-order chi connectivity index (χ0) is 17.7. The minimum atomic E-state index is -1.02. The summed E-state index contributed by atoms with van der Waals surface area (Å²) in [6.45, 7) is 6.79. The van der Waals surface area contributed by atoms with E-state index in [1.165, 1.54) is 6.92 Å². The predicted molar refractivity (Wildman–Crippen MR) is 86.6 cm³/mol. The third kappa shape index (κ3) is 4.79. The van der Waals surface area contributed by atoms with Gasteiger partial charge in [-0.3, -0.25) is 10.1 Å². The van der Waals surface area contributed by atoms with Gasteiger partial charge in [0.05, 0.1) is 6.10 Å². The molecule has 24 heavy (non-hydrogen) atoms. The van der Waals surface area contributed by atoms with Crippen molar-refractivity contribution in [1.82, 2.24) is 20.0 Å². The molecule has 0 aromatic carbocycles. The van der Waals surface area contributed by atoms with E-state index < -0.39 is 6.10 Å². The van der Waals surface area contributed by atoms with E-state index in [1.807, 2.05) is 13.8 Å². The number of hydrogen-bond donors (Lipinski definition) is 2. The normalized spacial score (nSPS) is 16.0. The predicted octanol–water partition coefficient (Wildman–Crippen LogP) is 0.321. The molecule has 1 fully saturated rings. The molecule has 0 spiro atoms. The number of aliphatic hydroxyl groups is 1. The minimum Gasteiger partial charge on any atom is -0.474 e. The summed E-state index contributed by atoms with van der Waals surface area (Å²) in [5.41, 5.74) is 0. The molecular formula is C15H23N5O4. The molecule has 1 unspecified atom stereocenters. The van der Waals surface area contributed by atoms with E-state index in [1.54, 1.807) is 21.9 Å². The third-order valence-electron chi connectivity index (χ3n) is 3.47. The van der Waals surface area contributed by atoms with Gasteiger partial charge in [-0.1, -0.05) is 0 Å². The van der Waals surface area contributed by atoms with Crippen molar-refractivity contribution in [1.29, 1.82) is 0 Å². The highest BCUT2D eigenvalue weighted by Crippen LogP contribution is 2.11. The number of aliphatic hydroxyl groups excluding tert-OH is 1. The van der Waals surface area contributed by atoms with E-state index in [-0.39, 0.29) is 18.0 Å². The molecule has 1 atom stereocenters. The molecule has 132 valence electrons. The maximum atomic E-state index is 12.2. The van der Waals surface area contributed by atoms with Gasteiger partial charge in [0, 0.05) is 32.2 Å². The first kappa shape index (κ1) is 17.9. The van der Waals surface area contributed by atoms with Gasteiger partial charge in [-0.05, 0) is 26.8 Å². The van der Waals surface area contributed by atoms with Gasteiger partial charge >= 0.3 is 6.03 Å². The molecule has 0 saturated carbocycles. The molecule has 0 bridgehead atoms. The van der Waals surface area contributed by atoms with Crippen LogP contribution in [-0.4, -0.2) is 75.4 Å². The summed E-state index contributed by atoms with van der Waals surface area (Å²) in [5, 5.41) is 19.8. The molecule has 1 aliphatic rings. The Morgan fingerprint density at radius 1 is 1.12 bits per heavy atom. The van der Waals surface area contributed by atoms with Crippen molar-refractivity contribution in [2.75, 3.05) is 31.5 Å². The van der Waals surface area contributed by atoms with Crippen LogP contribution in [0.4, 0.5) is 10.6 Å². The number of nitrogens with one attached hydrogen (secondary N) is 1. The summed E-state index contributed by atoms with van der Waals surface area (Å²) < 4.78 is 5.39. The highest BCUT2D eigenvalue weighted by Gasteiger charge is 2.26. The average molecular weight is 337 g/mol. The highest BCUT2D eigenvalue weighted by atomic mass is 16.5. The van der Waals surface area contributed by atoms with Crippen molar-refractivity contribution in [3.63, 3.8) is 0 Å². The van der Waals surface area contributed by atoms with Gasteiger partial charge in [-0.15, -0.1) is 10.2 Å². The first-order chi connectivity index (χ1) is 11.4.